The summed E-state index contributed by atoms with van der Waals surface area (Å²) in [6.07, 6.45) is 0. The first kappa shape index (κ1) is 19.9. The van der Waals surface area contributed by atoms with Crippen LogP contribution in [0.3, 0.4) is 0 Å². The Morgan fingerprint density at radius 2 is 1.68 bits per heavy atom. The van der Waals surface area contributed by atoms with Gasteiger partial charge < -0.3 is 5.32 Å². The van der Waals surface area contributed by atoms with Crippen molar-refractivity contribution in [3.63, 3.8) is 0 Å². The Morgan fingerprint density at radius 1 is 1.00 bits per heavy atom. The lowest BCUT2D eigenvalue weighted by Crippen LogP contribution is -2.26. The van der Waals surface area contributed by atoms with Gasteiger partial charge >= 0.3 is 0 Å². The molecular formula is C20H16ClFN2O3S. The molecule has 0 heterocycles. The van der Waals surface area contributed by atoms with Crippen molar-refractivity contribution in [2.75, 3.05) is 16.7 Å². The van der Waals surface area contributed by atoms with Crippen molar-refractivity contribution in [2.45, 2.75) is 4.90 Å². The van der Waals surface area contributed by atoms with Gasteiger partial charge in [0.25, 0.3) is 15.9 Å². The molecule has 0 bridgehead atoms. The molecule has 3 rings (SSSR count). The molecular weight excluding hydrogens is 403 g/mol. The number of hydrogen-bond donors (Lipinski definition) is 1. The molecule has 1 N–H and O–H groups in total. The Morgan fingerprint density at radius 3 is 2.36 bits per heavy atom. The normalized spacial score (nSPS) is 11.1. The molecule has 1 amide bonds. The van der Waals surface area contributed by atoms with E-state index in [0.717, 1.165) is 4.31 Å². The number of amides is 1. The number of halogens is 2. The monoisotopic (exact) mass is 418 g/mol. The second kappa shape index (κ2) is 8.00. The van der Waals surface area contributed by atoms with Crippen LogP contribution in [0, 0.1) is 5.82 Å². The molecule has 3 aromatic carbocycles. The van der Waals surface area contributed by atoms with Crippen molar-refractivity contribution in [1.82, 2.24) is 0 Å². The van der Waals surface area contributed by atoms with Crippen LogP contribution < -0.4 is 9.62 Å². The van der Waals surface area contributed by atoms with Gasteiger partial charge in [-0.25, -0.2) is 12.8 Å². The number of benzene rings is 3. The summed E-state index contributed by atoms with van der Waals surface area (Å²) in [6, 6.07) is 17.6. The zero-order valence-corrected chi connectivity index (χ0v) is 16.3. The Labute approximate surface area is 167 Å². The average molecular weight is 419 g/mol. The summed E-state index contributed by atoms with van der Waals surface area (Å²) >= 11 is 5.81. The predicted octanol–water partition coefficient (Wildman–Crippen LogP) is 4.56. The minimum absolute atomic E-state index is 0.0417. The highest BCUT2D eigenvalue weighted by Crippen LogP contribution is 2.24. The summed E-state index contributed by atoms with van der Waals surface area (Å²) < 4.78 is 40.4. The molecule has 144 valence electrons. The first-order chi connectivity index (χ1) is 13.3. The maximum Gasteiger partial charge on any atom is 0.264 e. The Kier molecular flexibility index (Phi) is 5.67. The van der Waals surface area contributed by atoms with E-state index >= 15 is 0 Å². The second-order valence-electron chi connectivity index (χ2n) is 5.91. The number of nitrogens with zero attached hydrogens (tertiary/aromatic N) is 1. The highest BCUT2D eigenvalue weighted by molar-refractivity contribution is 7.92. The molecule has 0 radical (unpaired) electrons. The molecule has 0 aromatic heterocycles. The summed E-state index contributed by atoms with van der Waals surface area (Å²) in [5, 5.41) is 2.90. The number of para-hydroxylation sites is 1. The van der Waals surface area contributed by atoms with E-state index in [2.05, 4.69) is 5.32 Å². The smallest absolute Gasteiger partial charge is 0.264 e. The molecule has 0 unspecified atom stereocenters. The van der Waals surface area contributed by atoms with Gasteiger partial charge in [0.1, 0.15) is 5.82 Å². The van der Waals surface area contributed by atoms with E-state index in [1.807, 2.05) is 0 Å². The molecule has 0 atom stereocenters. The first-order valence-electron chi connectivity index (χ1n) is 8.19. The van der Waals surface area contributed by atoms with Gasteiger partial charge in [0, 0.05) is 17.6 Å². The number of nitrogens with one attached hydrogen (secondary N) is 1. The number of carbonyl (C=O) groups is 1. The van der Waals surface area contributed by atoms with Crippen LogP contribution >= 0.6 is 11.6 Å². The summed E-state index contributed by atoms with van der Waals surface area (Å²) in [5.41, 5.74) is 0.523. The highest BCUT2D eigenvalue weighted by atomic mass is 35.5. The van der Waals surface area contributed by atoms with E-state index in [4.69, 9.17) is 11.6 Å². The van der Waals surface area contributed by atoms with Crippen LogP contribution in [0.1, 0.15) is 10.4 Å². The van der Waals surface area contributed by atoms with Crippen molar-refractivity contribution in [3.8, 4) is 0 Å². The lowest BCUT2D eigenvalue weighted by molar-refractivity contribution is 0.102. The van der Waals surface area contributed by atoms with Gasteiger partial charge in [-0.2, -0.15) is 0 Å². The summed E-state index contributed by atoms with van der Waals surface area (Å²) in [7, 11) is -2.45. The third kappa shape index (κ3) is 4.16. The van der Waals surface area contributed by atoms with E-state index in [0.29, 0.717) is 5.02 Å². The molecule has 3 aromatic rings. The van der Waals surface area contributed by atoms with Gasteiger partial charge in [-0.3, -0.25) is 9.10 Å². The minimum atomic E-state index is -3.83. The molecule has 0 fully saturated rings. The Hall–Kier alpha value is -2.90. The zero-order chi connectivity index (χ0) is 20.3. The van der Waals surface area contributed by atoms with E-state index in [1.54, 1.807) is 18.2 Å². The van der Waals surface area contributed by atoms with Gasteiger partial charge in [0.2, 0.25) is 0 Å². The fourth-order valence-electron chi connectivity index (χ4n) is 2.50. The topological polar surface area (TPSA) is 66.5 Å². The Bertz CT molecular complexity index is 1120. The van der Waals surface area contributed by atoms with Crippen LogP contribution in [0.25, 0.3) is 0 Å². The van der Waals surface area contributed by atoms with Crippen molar-refractivity contribution in [1.29, 1.82) is 0 Å². The number of sulfonamides is 1. The zero-order valence-electron chi connectivity index (χ0n) is 14.8. The molecule has 0 aliphatic carbocycles. The summed E-state index contributed by atoms with van der Waals surface area (Å²) in [6.45, 7) is 0. The van der Waals surface area contributed by atoms with Crippen LogP contribution in [0.5, 0.6) is 0 Å². The van der Waals surface area contributed by atoms with Crippen LogP contribution in [0.2, 0.25) is 5.02 Å². The van der Waals surface area contributed by atoms with E-state index in [9.17, 15) is 17.6 Å². The number of rotatable bonds is 5. The van der Waals surface area contributed by atoms with Gasteiger partial charge in [-0.05, 0) is 54.6 Å². The van der Waals surface area contributed by atoms with E-state index in [1.165, 1.54) is 61.6 Å². The third-order valence-electron chi connectivity index (χ3n) is 4.07. The molecule has 0 aliphatic rings. The average Bonchev–Trinajstić information content (AvgIpc) is 2.69. The molecule has 5 nitrogen and oxygen atoms in total. The quantitative estimate of drug-likeness (QED) is 0.660. The maximum atomic E-state index is 13.7. The minimum Gasteiger partial charge on any atom is -0.319 e. The largest absolute Gasteiger partial charge is 0.319 e. The molecule has 0 aliphatic heterocycles. The van der Waals surface area contributed by atoms with Crippen molar-refractivity contribution in [2.24, 2.45) is 0 Å². The van der Waals surface area contributed by atoms with E-state index < -0.39 is 21.7 Å². The van der Waals surface area contributed by atoms with Crippen LogP contribution in [-0.2, 0) is 10.0 Å². The fraction of sp³-hybridized carbons (Fsp3) is 0.0500. The summed E-state index contributed by atoms with van der Waals surface area (Å²) in [4.78, 5) is 12.5. The van der Waals surface area contributed by atoms with Gasteiger partial charge in [-0.15, -0.1) is 0 Å². The van der Waals surface area contributed by atoms with E-state index in [-0.39, 0.29) is 21.8 Å². The molecule has 0 saturated carbocycles. The fourth-order valence-corrected chi connectivity index (χ4v) is 3.82. The van der Waals surface area contributed by atoms with Crippen molar-refractivity contribution < 1.29 is 17.6 Å². The predicted molar refractivity (Wildman–Crippen MR) is 108 cm³/mol. The van der Waals surface area contributed by atoms with Crippen molar-refractivity contribution in [3.05, 3.63) is 89.2 Å². The Balaban J connectivity index is 1.87. The SMILES string of the molecule is CN(c1cccc(C(=O)Nc2ccccc2F)c1)S(=O)(=O)c1ccc(Cl)cc1. The van der Waals surface area contributed by atoms with Crippen LogP contribution in [0.4, 0.5) is 15.8 Å². The number of hydrogen-bond acceptors (Lipinski definition) is 3. The second-order valence-corrected chi connectivity index (χ2v) is 8.32. The lowest BCUT2D eigenvalue weighted by Gasteiger charge is -2.20. The standard InChI is InChI=1S/C20H16ClFN2O3S/c1-24(28(26,27)17-11-9-15(21)10-12-17)16-6-4-5-14(13-16)20(25)23-19-8-3-2-7-18(19)22/h2-13H,1H3,(H,23,25). The third-order valence-corrected chi connectivity index (χ3v) is 6.12. The molecule has 28 heavy (non-hydrogen) atoms. The van der Waals surface area contributed by atoms with Gasteiger partial charge in [-0.1, -0.05) is 29.8 Å². The van der Waals surface area contributed by atoms with Crippen LogP contribution in [0.15, 0.2) is 77.7 Å². The number of carbonyl (C=O) groups excluding carboxylic acids is 1. The number of anilines is 2. The maximum absolute atomic E-state index is 13.7. The van der Waals surface area contributed by atoms with Crippen LogP contribution in [-0.4, -0.2) is 21.4 Å². The molecule has 0 saturated heterocycles. The highest BCUT2D eigenvalue weighted by Gasteiger charge is 2.22. The molecule has 0 spiro atoms. The first-order valence-corrected chi connectivity index (χ1v) is 10.0. The molecule has 8 heteroatoms. The lowest BCUT2D eigenvalue weighted by atomic mass is 10.2. The van der Waals surface area contributed by atoms with Gasteiger partial charge in [0.05, 0.1) is 16.3 Å². The summed E-state index contributed by atoms with van der Waals surface area (Å²) in [5.74, 6) is -1.11. The van der Waals surface area contributed by atoms with Gasteiger partial charge in [0.15, 0.2) is 0 Å². The van der Waals surface area contributed by atoms with Crippen molar-refractivity contribution >= 4 is 38.9 Å².